The van der Waals surface area contributed by atoms with Crippen molar-refractivity contribution in [2.24, 2.45) is 5.41 Å². The molecule has 0 saturated carbocycles. The maximum absolute atomic E-state index is 11.4. The van der Waals surface area contributed by atoms with E-state index < -0.39 is 0 Å². The van der Waals surface area contributed by atoms with Crippen molar-refractivity contribution in [3.05, 3.63) is 24.3 Å². The first-order valence-corrected chi connectivity index (χ1v) is 4.07. The normalized spacial score (nSPS) is 28.9. The number of hydrogen-bond donors (Lipinski definition) is 0. The van der Waals surface area contributed by atoms with Gasteiger partial charge in [-0.3, -0.25) is 4.79 Å². The van der Waals surface area contributed by atoms with Gasteiger partial charge >= 0.3 is 0 Å². The minimum absolute atomic E-state index is 0.219. The SMILES string of the molecule is CCC(=O)C1(C)C=CC=CC1. The zero-order valence-electron chi connectivity index (χ0n) is 7.13. The van der Waals surface area contributed by atoms with Gasteiger partial charge in [0.2, 0.25) is 0 Å². The number of ketones is 1. The van der Waals surface area contributed by atoms with Crippen LogP contribution in [-0.2, 0) is 4.79 Å². The molecule has 0 radical (unpaired) electrons. The highest BCUT2D eigenvalue weighted by molar-refractivity contribution is 5.86. The highest BCUT2D eigenvalue weighted by atomic mass is 16.1. The first-order valence-electron chi connectivity index (χ1n) is 4.07. The van der Waals surface area contributed by atoms with Crippen molar-refractivity contribution in [3.8, 4) is 0 Å². The summed E-state index contributed by atoms with van der Waals surface area (Å²) < 4.78 is 0. The Morgan fingerprint density at radius 1 is 1.55 bits per heavy atom. The van der Waals surface area contributed by atoms with Gasteiger partial charge in [0.1, 0.15) is 5.78 Å². The van der Waals surface area contributed by atoms with Crippen molar-refractivity contribution >= 4 is 5.78 Å². The van der Waals surface area contributed by atoms with Crippen molar-refractivity contribution in [2.45, 2.75) is 26.7 Å². The molecule has 0 aromatic rings. The first kappa shape index (κ1) is 8.25. The number of rotatable bonds is 2. The van der Waals surface area contributed by atoms with E-state index in [-0.39, 0.29) is 5.41 Å². The third-order valence-corrected chi connectivity index (χ3v) is 2.21. The summed E-state index contributed by atoms with van der Waals surface area (Å²) in [7, 11) is 0. The van der Waals surface area contributed by atoms with Gasteiger partial charge in [-0.05, 0) is 13.3 Å². The van der Waals surface area contributed by atoms with E-state index in [9.17, 15) is 4.79 Å². The third kappa shape index (κ3) is 1.59. The van der Waals surface area contributed by atoms with Crippen LogP contribution in [0.25, 0.3) is 0 Å². The Labute approximate surface area is 67.8 Å². The summed E-state index contributed by atoms with van der Waals surface area (Å²) in [6.07, 6.45) is 9.49. The lowest BCUT2D eigenvalue weighted by Crippen LogP contribution is -2.25. The van der Waals surface area contributed by atoms with E-state index in [1.165, 1.54) is 0 Å². The first-order chi connectivity index (χ1) is 5.19. The summed E-state index contributed by atoms with van der Waals surface area (Å²) in [5.41, 5.74) is -0.219. The molecule has 0 saturated heterocycles. The molecule has 11 heavy (non-hydrogen) atoms. The molecule has 0 fully saturated rings. The summed E-state index contributed by atoms with van der Waals surface area (Å²) in [5.74, 6) is 0.332. The lowest BCUT2D eigenvalue weighted by molar-refractivity contribution is -0.125. The Kier molecular flexibility index (Phi) is 2.28. The van der Waals surface area contributed by atoms with E-state index in [1.54, 1.807) is 0 Å². The maximum atomic E-state index is 11.4. The van der Waals surface area contributed by atoms with Crippen LogP contribution in [0.1, 0.15) is 26.7 Å². The second kappa shape index (κ2) is 3.04. The maximum Gasteiger partial charge on any atom is 0.142 e. The number of carbonyl (C=O) groups excluding carboxylic acids is 1. The Morgan fingerprint density at radius 2 is 2.27 bits per heavy atom. The van der Waals surface area contributed by atoms with Crippen LogP contribution >= 0.6 is 0 Å². The van der Waals surface area contributed by atoms with Crippen molar-refractivity contribution in [3.63, 3.8) is 0 Å². The quantitative estimate of drug-likeness (QED) is 0.591. The van der Waals surface area contributed by atoms with E-state index in [2.05, 4.69) is 0 Å². The molecule has 0 amide bonds. The smallest absolute Gasteiger partial charge is 0.142 e. The van der Waals surface area contributed by atoms with Crippen LogP contribution in [0, 0.1) is 5.41 Å². The van der Waals surface area contributed by atoms with Gasteiger partial charge in [-0.2, -0.15) is 0 Å². The Hall–Kier alpha value is -0.850. The average molecular weight is 150 g/mol. The lowest BCUT2D eigenvalue weighted by Gasteiger charge is -2.23. The van der Waals surface area contributed by atoms with Gasteiger partial charge in [0.05, 0.1) is 0 Å². The third-order valence-electron chi connectivity index (χ3n) is 2.21. The second-order valence-corrected chi connectivity index (χ2v) is 3.19. The van der Waals surface area contributed by atoms with E-state index in [0.717, 1.165) is 6.42 Å². The van der Waals surface area contributed by atoms with E-state index in [4.69, 9.17) is 0 Å². The minimum Gasteiger partial charge on any atom is -0.299 e. The molecular formula is C10H14O. The molecule has 0 bridgehead atoms. The lowest BCUT2D eigenvalue weighted by atomic mass is 9.79. The van der Waals surface area contributed by atoms with E-state index in [0.29, 0.717) is 12.2 Å². The Balaban J connectivity index is 2.75. The number of hydrogen-bond acceptors (Lipinski definition) is 1. The topological polar surface area (TPSA) is 17.1 Å². The van der Waals surface area contributed by atoms with Crippen molar-refractivity contribution in [2.75, 3.05) is 0 Å². The molecule has 1 aliphatic rings. The number of carbonyl (C=O) groups is 1. The average Bonchev–Trinajstić information content (AvgIpc) is 2.04. The molecule has 1 nitrogen and oxygen atoms in total. The van der Waals surface area contributed by atoms with Crippen molar-refractivity contribution in [1.82, 2.24) is 0 Å². The summed E-state index contributed by atoms with van der Waals surface area (Å²) in [5, 5.41) is 0. The van der Waals surface area contributed by atoms with Crippen molar-refractivity contribution < 1.29 is 4.79 Å². The van der Waals surface area contributed by atoms with Gasteiger partial charge in [0.25, 0.3) is 0 Å². The van der Waals surface area contributed by atoms with Crippen LogP contribution in [0.2, 0.25) is 0 Å². The van der Waals surface area contributed by atoms with E-state index >= 15 is 0 Å². The molecule has 0 aliphatic heterocycles. The van der Waals surface area contributed by atoms with Gasteiger partial charge < -0.3 is 0 Å². The fourth-order valence-corrected chi connectivity index (χ4v) is 1.34. The monoisotopic (exact) mass is 150 g/mol. The summed E-state index contributed by atoms with van der Waals surface area (Å²) in [6, 6.07) is 0. The predicted molar refractivity (Wildman–Crippen MR) is 46.3 cm³/mol. The molecule has 0 aromatic heterocycles. The molecule has 0 spiro atoms. The minimum atomic E-state index is -0.219. The van der Waals surface area contributed by atoms with E-state index in [1.807, 2.05) is 38.2 Å². The van der Waals surface area contributed by atoms with Crippen LogP contribution in [0.15, 0.2) is 24.3 Å². The predicted octanol–water partition coefficient (Wildman–Crippen LogP) is 2.49. The summed E-state index contributed by atoms with van der Waals surface area (Å²) >= 11 is 0. The highest BCUT2D eigenvalue weighted by Gasteiger charge is 2.27. The molecule has 1 unspecified atom stereocenters. The standard InChI is InChI=1S/C10H14O/c1-3-9(11)10(2)7-5-4-6-8-10/h4-7H,3,8H2,1-2H3. The molecule has 60 valence electrons. The van der Waals surface area contributed by atoms with Gasteiger partial charge in [-0.15, -0.1) is 0 Å². The number of Topliss-reactive ketones (excluding diaryl/α,β-unsaturated/α-hetero) is 1. The molecule has 0 aromatic carbocycles. The highest BCUT2D eigenvalue weighted by Crippen LogP contribution is 2.28. The van der Waals surface area contributed by atoms with Crippen LogP contribution in [0.3, 0.4) is 0 Å². The Morgan fingerprint density at radius 3 is 2.73 bits per heavy atom. The zero-order chi connectivity index (χ0) is 8.32. The van der Waals surface area contributed by atoms with Gasteiger partial charge in [-0.25, -0.2) is 0 Å². The van der Waals surface area contributed by atoms with Crippen LogP contribution < -0.4 is 0 Å². The summed E-state index contributed by atoms with van der Waals surface area (Å²) in [6.45, 7) is 3.92. The fourth-order valence-electron chi connectivity index (χ4n) is 1.34. The fraction of sp³-hybridized carbons (Fsp3) is 0.500. The molecule has 0 heterocycles. The molecule has 1 atom stereocenters. The van der Waals surface area contributed by atoms with Crippen LogP contribution in [-0.4, -0.2) is 5.78 Å². The van der Waals surface area contributed by atoms with Crippen molar-refractivity contribution in [1.29, 1.82) is 0 Å². The molecule has 1 aliphatic carbocycles. The van der Waals surface area contributed by atoms with Crippen LogP contribution in [0.5, 0.6) is 0 Å². The Bertz CT molecular complexity index is 213. The zero-order valence-corrected chi connectivity index (χ0v) is 7.13. The van der Waals surface area contributed by atoms with Crippen LogP contribution in [0.4, 0.5) is 0 Å². The number of allylic oxidation sites excluding steroid dienone is 4. The molecule has 0 N–H and O–H groups in total. The summed E-state index contributed by atoms with van der Waals surface area (Å²) in [4.78, 5) is 11.4. The molecule has 1 rings (SSSR count). The van der Waals surface area contributed by atoms with Gasteiger partial charge in [0.15, 0.2) is 0 Å². The van der Waals surface area contributed by atoms with Gasteiger partial charge in [0, 0.05) is 11.8 Å². The molecular weight excluding hydrogens is 136 g/mol. The van der Waals surface area contributed by atoms with Gasteiger partial charge in [-0.1, -0.05) is 31.2 Å². The largest absolute Gasteiger partial charge is 0.299 e. The second-order valence-electron chi connectivity index (χ2n) is 3.19. The molecule has 1 heteroatoms.